The summed E-state index contributed by atoms with van der Waals surface area (Å²) in [6, 6.07) is 11.2. The number of aliphatic hydroxyl groups excluding tert-OH is 1. The highest BCUT2D eigenvalue weighted by Crippen LogP contribution is 2.47. The van der Waals surface area contributed by atoms with Crippen molar-refractivity contribution in [1.29, 1.82) is 0 Å². The maximum atomic E-state index is 11.9. The first-order chi connectivity index (χ1) is 20.5. The Bertz CT molecular complexity index is 1510. The Morgan fingerprint density at radius 1 is 1.19 bits per heavy atom. The zero-order valence-electron chi connectivity index (χ0n) is 24.3. The van der Waals surface area contributed by atoms with Gasteiger partial charge < -0.3 is 19.8 Å². The molecule has 4 aliphatic rings. The zero-order valence-corrected chi connectivity index (χ0v) is 25.9. The molecular formula is C33H41ClN2O6S. The van der Waals surface area contributed by atoms with Crippen LogP contribution in [0.5, 0.6) is 5.75 Å². The highest BCUT2D eigenvalue weighted by atomic mass is 35.5. The number of allylic oxidation sites excluding steroid dienone is 1. The summed E-state index contributed by atoms with van der Waals surface area (Å²) in [5.74, 6) is 0.359. The van der Waals surface area contributed by atoms with Gasteiger partial charge in [0.1, 0.15) is 5.75 Å². The number of primary sulfonamides is 1. The number of aliphatic hydroxyl groups is 1. The number of ether oxygens (including phenoxy) is 1. The molecule has 0 radical (unpaired) electrons. The van der Waals surface area contributed by atoms with E-state index in [1.54, 1.807) is 18.2 Å². The smallest absolute Gasteiger partial charge is 0.335 e. The van der Waals surface area contributed by atoms with Crippen LogP contribution in [0.1, 0.15) is 66.4 Å². The van der Waals surface area contributed by atoms with Crippen molar-refractivity contribution in [2.24, 2.45) is 28.8 Å². The van der Waals surface area contributed by atoms with Crippen molar-refractivity contribution in [1.82, 2.24) is 0 Å². The van der Waals surface area contributed by atoms with Crippen LogP contribution in [0.3, 0.4) is 0 Å². The van der Waals surface area contributed by atoms with Crippen molar-refractivity contribution in [3.05, 3.63) is 70.3 Å². The average molecular weight is 629 g/mol. The van der Waals surface area contributed by atoms with Crippen molar-refractivity contribution < 1.29 is 28.2 Å². The predicted molar refractivity (Wildman–Crippen MR) is 167 cm³/mol. The minimum absolute atomic E-state index is 0.00267. The molecule has 2 aromatic rings. The molecule has 2 aromatic carbocycles. The van der Waals surface area contributed by atoms with Crippen LogP contribution in [0.2, 0.25) is 5.02 Å². The molecule has 2 fully saturated rings. The Hall–Kier alpha value is -2.59. The first kappa shape index (κ1) is 30.4. The van der Waals surface area contributed by atoms with Crippen LogP contribution in [0, 0.1) is 23.7 Å². The van der Waals surface area contributed by atoms with Crippen LogP contribution < -0.4 is 14.8 Å². The molecule has 232 valence electrons. The van der Waals surface area contributed by atoms with E-state index in [1.165, 1.54) is 11.1 Å². The molecule has 0 aromatic heterocycles. The first-order valence-corrected chi connectivity index (χ1v) is 17.5. The maximum Gasteiger partial charge on any atom is 0.335 e. The second-order valence-corrected chi connectivity index (χ2v) is 15.3. The topological polar surface area (TPSA) is 130 Å². The van der Waals surface area contributed by atoms with Crippen molar-refractivity contribution in [2.75, 3.05) is 30.3 Å². The van der Waals surface area contributed by atoms with Gasteiger partial charge in [-0.15, -0.1) is 0 Å². The number of aromatic carboxylic acids is 1. The van der Waals surface area contributed by atoms with Crippen LogP contribution in [0.4, 0.5) is 5.69 Å². The number of hydrogen-bond donors (Lipinski definition) is 3. The highest BCUT2D eigenvalue weighted by Gasteiger charge is 2.44. The molecule has 0 amide bonds. The number of nitrogens with two attached hydrogens (primary N) is 1. The van der Waals surface area contributed by atoms with Crippen LogP contribution >= 0.6 is 11.6 Å². The molecule has 8 nitrogen and oxygen atoms in total. The lowest BCUT2D eigenvalue weighted by atomic mass is 9.68. The van der Waals surface area contributed by atoms with E-state index in [0.717, 1.165) is 55.7 Å². The molecule has 3 aliphatic carbocycles. The largest absolute Gasteiger partial charge is 0.490 e. The van der Waals surface area contributed by atoms with Crippen LogP contribution in [0.15, 0.2) is 48.6 Å². The number of carboxylic acid groups (broad SMARTS) is 1. The fourth-order valence-corrected chi connectivity index (χ4v) is 8.80. The third kappa shape index (κ3) is 6.75. The number of aryl methyl sites for hydroxylation is 1. The lowest BCUT2D eigenvalue weighted by Crippen LogP contribution is -2.49. The molecule has 4 N–H and O–H groups in total. The Morgan fingerprint density at radius 3 is 2.70 bits per heavy atom. The monoisotopic (exact) mass is 628 g/mol. The fraction of sp³-hybridized carbons (Fsp3) is 0.545. The SMILES string of the molecule is NS(=O)(=O)CC(C/C=C/[C@H](O)[C@@H]1CCC1CN1C[C@@]2(CCCc3cc(Cl)ccc32)COc2ccc(C(=O)O)cc21)C1CC1. The molecule has 5 atom stereocenters. The Balaban J connectivity index is 1.22. The second-order valence-electron chi connectivity index (χ2n) is 13.2. The summed E-state index contributed by atoms with van der Waals surface area (Å²) in [4.78, 5) is 14.2. The van der Waals surface area contributed by atoms with E-state index in [-0.39, 0.29) is 34.5 Å². The number of benzene rings is 2. The summed E-state index contributed by atoms with van der Waals surface area (Å²) in [7, 11) is -3.54. The molecule has 1 aliphatic heterocycles. The number of carboxylic acids is 1. The quantitative estimate of drug-likeness (QED) is 0.310. The van der Waals surface area contributed by atoms with E-state index >= 15 is 0 Å². The van der Waals surface area contributed by atoms with Crippen molar-refractivity contribution in [3.63, 3.8) is 0 Å². The summed E-state index contributed by atoms with van der Waals surface area (Å²) in [6.45, 7) is 1.86. The van der Waals surface area contributed by atoms with Crippen LogP contribution in [-0.2, 0) is 21.9 Å². The number of sulfonamides is 1. The number of hydrogen-bond acceptors (Lipinski definition) is 6. The molecule has 0 saturated heterocycles. The van der Waals surface area contributed by atoms with E-state index < -0.39 is 22.1 Å². The normalized spacial score (nSPS) is 26.6. The van der Waals surface area contributed by atoms with Gasteiger partial charge in [0.2, 0.25) is 10.0 Å². The van der Waals surface area contributed by atoms with Gasteiger partial charge in [-0.25, -0.2) is 18.4 Å². The van der Waals surface area contributed by atoms with Crippen molar-refractivity contribution in [2.45, 2.75) is 62.9 Å². The van der Waals surface area contributed by atoms with Gasteiger partial charge in [-0.2, -0.15) is 0 Å². The van der Waals surface area contributed by atoms with Gasteiger partial charge in [0, 0.05) is 23.5 Å². The molecule has 2 unspecified atom stereocenters. The van der Waals surface area contributed by atoms with Gasteiger partial charge >= 0.3 is 5.97 Å². The third-order valence-electron chi connectivity index (χ3n) is 10.2. The number of anilines is 1. The number of rotatable bonds is 10. The number of halogens is 1. The maximum absolute atomic E-state index is 11.9. The fourth-order valence-electron chi connectivity index (χ4n) is 7.60. The van der Waals surface area contributed by atoms with Gasteiger partial charge in [-0.3, -0.25) is 0 Å². The summed E-state index contributed by atoms with van der Waals surface area (Å²) in [6.07, 6.45) is 10.6. The second kappa shape index (κ2) is 12.1. The molecule has 1 spiro atoms. The van der Waals surface area contributed by atoms with Gasteiger partial charge in [-0.1, -0.05) is 29.8 Å². The standard InChI is InChI=1S/C33H41ClN2O6S/c34-26-10-12-28-22(15-26)4-2-14-33(28)19-36(29-16-23(32(38)39)9-13-31(29)42-20-33)17-24-8-11-27(24)30(37)5-1-3-25(21-6-7-21)18-43(35,40)41/h1,5,9-10,12-13,15-16,21,24-25,27,30,37H,2-4,6-8,11,14,17-20H2,(H,38,39)(H2,35,40,41)/b5-1+/t24?,25?,27-,30+,33+/m1/s1. The van der Waals surface area contributed by atoms with E-state index in [9.17, 15) is 23.4 Å². The van der Waals surface area contributed by atoms with Crippen LogP contribution in [-0.4, -0.2) is 56.2 Å². The van der Waals surface area contributed by atoms with Gasteiger partial charge in [0.25, 0.3) is 0 Å². The van der Waals surface area contributed by atoms with Gasteiger partial charge in [0.15, 0.2) is 0 Å². The third-order valence-corrected chi connectivity index (χ3v) is 11.3. The summed E-state index contributed by atoms with van der Waals surface area (Å²) in [5, 5.41) is 27.0. The highest BCUT2D eigenvalue weighted by molar-refractivity contribution is 7.89. The van der Waals surface area contributed by atoms with Crippen LogP contribution in [0.25, 0.3) is 0 Å². The Kier molecular flexibility index (Phi) is 8.54. The summed E-state index contributed by atoms with van der Waals surface area (Å²) < 4.78 is 29.8. The zero-order chi connectivity index (χ0) is 30.4. The molecule has 0 bridgehead atoms. The van der Waals surface area contributed by atoms with E-state index in [0.29, 0.717) is 37.8 Å². The minimum Gasteiger partial charge on any atom is -0.490 e. The first-order valence-electron chi connectivity index (χ1n) is 15.4. The van der Waals surface area contributed by atoms with Crippen molar-refractivity contribution >= 4 is 33.3 Å². The number of carbonyl (C=O) groups is 1. The minimum atomic E-state index is -3.54. The lowest BCUT2D eigenvalue weighted by Gasteiger charge is -2.45. The molecule has 10 heteroatoms. The van der Waals surface area contributed by atoms with Gasteiger partial charge in [0.05, 0.1) is 29.7 Å². The molecule has 2 saturated carbocycles. The Labute approximate surface area is 258 Å². The molecule has 6 rings (SSSR count). The molecule has 43 heavy (non-hydrogen) atoms. The lowest BCUT2D eigenvalue weighted by molar-refractivity contribution is 0.0455. The van der Waals surface area contributed by atoms with Gasteiger partial charge in [-0.05, 0) is 116 Å². The average Bonchev–Trinajstić information content (AvgIpc) is 3.78. The van der Waals surface area contributed by atoms with E-state index in [1.807, 2.05) is 18.2 Å². The van der Waals surface area contributed by atoms with E-state index in [2.05, 4.69) is 17.0 Å². The summed E-state index contributed by atoms with van der Waals surface area (Å²) >= 11 is 6.37. The van der Waals surface area contributed by atoms with Crippen molar-refractivity contribution in [3.8, 4) is 5.75 Å². The molecular weight excluding hydrogens is 588 g/mol. The van der Waals surface area contributed by atoms with E-state index in [4.69, 9.17) is 21.5 Å². The summed E-state index contributed by atoms with van der Waals surface area (Å²) in [5.41, 5.74) is 3.23. The molecule has 1 heterocycles. The number of nitrogens with zero attached hydrogens (tertiary/aromatic N) is 1. The number of fused-ring (bicyclic) bond motifs is 3. The Morgan fingerprint density at radius 2 is 2.00 bits per heavy atom. The predicted octanol–water partition coefficient (Wildman–Crippen LogP) is 5.16.